The Morgan fingerprint density at radius 1 is 1.67 bits per heavy atom. The minimum atomic E-state index is -2.62. The number of carbonyl (C=O) groups is 1. The van der Waals surface area contributed by atoms with Crippen LogP contribution in [0.3, 0.4) is 0 Å². The predicted molar refractivity (Wildman–Crippen MR) is 44.0 cm³/mol. The van der Waals surface area contributed by atoms with Crippen LogP contribution in [-0.4, -0.2) is 30.6 Å². The molecule has 0 saturated heterocycles. The highest BCUT2D eigenvalue weighted by molar-refractivity contribution is 5.86. The smallest absolute Gasteiger partial charge is 0.394 e. The summed E-state index contributed by atoms with van der Waals surface area (Å²) in [6.07, 6.45) is -2.01. The SMILES string of the molecule is CCOC(=O)c1coc(OCC(F)F)n1. The van der Waals surface area contributed by atoms with Crippen molar-refractivity contribution in [1.29, 1.82) is 0 Å². The van der Waals surface area contributed by atoms with Crippen molar-refractivity contribution < 1.29 is 27.5 Å². The van der Waals surface area contributed by atoms with Crippen molar-refractivity contribution in [3.05, 3.63) is 12.0 Å². The summed E-state index contributed by atoms with van der Waals surface area (Å²) in [5, 5.41) is 0. The van der Waals surface area contributed by atoms with Crippen LogP contribution in [0.5, 0.6) is 6.08 Å². The zero-order valence-corrected chi connectivity index (χ0v) is 7.91. The van der Waals surface area contributed by atoms with E-state index < -0.39 is 19.0 Å². The molecule has 0 aliphatic rings. The number of alkyl halides is 2. The molecule has 0 fully saturated rings. The number of esters is 1. The van der Waals surface area contributed by atoms with Crippen LogP contribution in [0, 0.1) is 0 Å². The molecule has 1 aromatic rings. The fourth-order valence-corrected chi connectivity index (χ4v) is 0.757. The van der Waals surface area contributed by atoms with Crippen molar-refractivity contribution in [2.75, 3.05) is 13.2 Å². The zero-order valence-electron chi connectivity index (χ0n) is 7.91. The lowest BCUT2D eigenvalue weighted by molar-refractivity contribution is 0.0518. The third-order valence-corrected chi connectivity index (χ3v) is 1.30. The molecule has 5 nitrogen and oxygen atoms in total. The number of carbonyl (C=O) groups excluding carboxylic acids is 1. The second-order valence-electron chi connectivity index (χ2n) is 2.42. The van der Waals surface area contributed by atoms with Gasteiger partial charge in [-0.3, -0.25) is 0 Å². The fourth-order valence-electron chi connectivity index (χ4n) is 0.757. The first-order valence-corrected chi connectivity index (χ1v) is 4.17. The molecule has 0 radical (unpaired) electrons. The molecule has 0 bridgehead atoms. The molecule has 15 heavy (non-hydrogen) atoms. The predicted octanol–water partition coefficient (Wildman–Crippen LogP) is 1.50. The number of hydrogen-bond acceptors (Lipinski definition) is 5. The Labute approximate surface area is 84.0 Å². The Morgan fingerprint density at radius 3 is 3.00 bits per heavy atom. The van der Waals surface area contributed by atoms with E-state index in [2.05, 4.69) is 18.9 Å². The Balaban J connectivity index is 2.52. The minimum absolute atomic E-state index is 0.110. The van der Waals surface area contributed by atoms with Gasteiger partial charge < -0.3 is 13.9 Å². The van der Waals surface area contributed by atoms with Gasteiger partial charge >= 0.3 is 12.0 Å². The summed E-state index contributed by atoms with van der Waals surface area (Å²) in [7, 11) is 0. The van der Waals surface area contributed by atoms with Gasteiger partial charge in [0.25, 0.3) is 6.43 Å². The number of hydrogen-bond donors (Lipinski definition) is 0. The third-order valence-electron chi connectivity index (χ3n) is 1.30. The van der Waals surface area contributed by atoms with E-state index in [4.69, 9.17) is 0 Å². The van der Waals surface area contributed by atoms with E-state index in [1.165, 1.54) is 0 Å². The topological polar surface area (TPSA) is 61.6 Å². The van der Waals surface area contributed by atoms with Crippen molar-refractivity contribution in [3.8, 4) is 6.08 Å². The van der Waals surface area contributed by atoms with Gasteiger partial charge in [-0.25, -0.2) is 13.6 Å². The molecule has 0 N–H and O–H groups in total. The molecule has 1 aromatic heterocycles. The molecule has 0 spiro atoms. The van der Waals surface area contributed by atoms with Crippen LogP contribution in [-0.2, 0) is 4.74 Å². The van der Waals surface area contributed by atoms with Gasteiger partial charge in [-0.1, -0.05) is 0 Å². The van der Waals surface area contributed by atoms with E-state index >= 15 is 0 Å². The first-order valence-electron chi connectivity index (χ1n) is 4.17. The van der Waals surface area contributed by atoms with Crippen LogP contribution < -0.4 is 4.74 Å². The number of rotatable bonds is 5. The van der Waals surface area contributed by atoms with Crippen molar-refractivity contribution in [2.24, 2.45) is 0 Å². The fraction of sp³-hybridized carbons (Fsp3) is 0.500. The summed E-state index contributed by atoms with van der Waals surface area (Å²) >= 11 is 0. The summed E-state index contributed by atoms with van der Waals surface area (Å²) in [4.78, 5) is 14.6. The second-order valence-corrected chi connectivity index (χ2v) is 2.42. The summed E-state index contributed by atoms with van der Waals surface area (Å²) in [6, 6.07) is 0. The zero-order chi connectivity index (χ0) is 11.3. The van der Waals surface area contributed by atoms with E-state index in [0.717, 1.165) is 6.26 Å². The summed E-state index contributed by atoms with van der Waals surface area (Å²) in [5.74, 6) is -0.687. The maximum Gasteiger partial charge on any atom is 0.394 e. The van der Waals surface area contributed by atoms with Gasteiger partial charge in [-0.2, -0.15) is 4.98 Å². The van der Waals surface area contributed by atoms with Gasteiger partial charge in [0.1, 0.15) is 6.26 Å². The maximum absolute atomic E-state index is 11.7. The van der Waals surface area contributed by atoms with Crippen LogP contribution in [0.15, 0.2) is 10.7 Å². The molecule has 0 aliphatic carbocycles. The average molecular weight is 221 g/mol. The Bertz CT molecular complexity index is 326. The largest absolute Gasteiger partial charge is 0.461 e. The van der Waals surface area contributed by atoms with Crippen molar-refractivity contribution in [2.45, 2.75) is 13.3 Å². The molecule has 0 aromatic carbocycles. The number of ether oxygens (including phenoxy) is 2. The van der Waals surface area contributed by atoms with Crippen molar-refractivity contribution in [1.82, 2.24) is 4.98 Å². The highest BCUT2D eigenvalue weighted by Gasteiger charge is 2.14. The number of halogens is 2. The average Bonchev–Trinajstić information content (AvgIpc) is 2.63. The third kappa shape index (κ3) is 3.53. The van der Waals surface area contributed by atoms with E-state index in [-0.39, 0.29) is 18.4 Å². The Kier molecular flexibility index (Phi) is 4.02. The Hall–Kier alpha value is -1.66. The number of aromatic nitrogens is 1. The monoisotopic (exact) mass is 221 g/mol. The highest BCUT2D eigenvalue weighted by atomic mass is 19.3. The molecule has 7 heteroatoms. The van der Waals surface area contributed by atoms with Gasteiger partial charge in [0.2, 0.25) is 0 Å². The lowest BCUT2D eigenvalue weighted by Crippen LogP contribution is -2.08. The summed E-state index contributed by atoms with van der Waals surface area (Å²) in [6.45, 7) is 0.994. The quantitative estimate of drug-likeness (QED) is 0.705. The minimum Gasteiger partial charge on any atom is -0.461 e. The highest BCUT2D eigenvalue weighted by Crippen LogP contribution is 2.11. The molecule has 0 aliphatic heterocycles. The molecule has 0 unspecified atom stereocenters. The molecule has 1 rings (SSSR count). The van der Waals surface area contributed by atoms with Crippen LogP contribution in [0.1, 0.15) is 17.4 Å². The van der Waals surface area contributed by atoms with Crippen molar-refractivity contribution >= 4 is 5.97 Å². The Morgan fingerprint density at radius 2 is 2.40 bits per heavy atom. The lowest BCUT2D eigenvalue weighted by atomic mass is 10.5. The molecular formula is C8H9F2NO4. The van der Waals surface area contributed by atoms with Crippen LogP contribution in [0.2, 0.25) is 0 Å². The van der Waals surface area contributed by atoms with E-state index in [1.54, 1.807) is 6.92 Å². The molecule has 84 valence electrons. The summed E-state index contributed by atoms with van der Waals surface area (Å²) in [5.41, 5.74) is -0.110. The van der Waals surface area contributed by atoms with Gasteiger partial charge in [-0.05, 0) is 6.92 Å². The molecular weight excluding hydrogens is 212 g/mol. The van der Waals surface area contributed by atoms with E-state index in [9.17, 15) is 13.6 Å². The second kappa shape index (κ2) is 5.28. The normalized spacial score (nSPS) is 10.4. The van der Waals surface area contributed by atoms with Crippen LogP contribution in [0.25, 0.3) is 0 Å². The number of nitrogens with zero attached hydrogens (tertiary/aromatic N) is 1. The van der Waals surface area contributed by atoms with Crippen LogP contribution >= 0.6 is 0 Å². The molecule has 0 amide bonds. The summed E-state index contributed by atoms with van der Waals surface area (Å²) < 4.78 is 37.1. The van der Waals surface area contributed by atoms with Crippen molar-refractivity contribution in [3.63, 3.8) is 0 Å². The number of oxazole rings is 1. The first kappa shape index (κ1) is 11.4. The van der Waals surface area contributed by atoms with E-state index in [1.807, 2.05) is 0 Å². The van der Waals surface area contributed by atoms with Gasteiger partial charge in [-0.15, -0.1) is 0 Å². The van der Waals surface area contributed by atoms with Crippen LogP contribution in [0.4, 0.5) is 8.78 Å². The molecule has 1 heterocycles. The first-order chi connectivity index (χ1) is 7.13. The van der Waals surface area contributed by atoms with Gasteiger partial charge in [0.05, 0.1) is 6.61 Å². The van der Waals surface area contributed by atoms with Gasteiger partial charge in [0, 0.05) is 0 Å². The maximum atomic E-state index is 11.7. The molecule has 0 saturated carbocycles. The standard InChI is InChI=1S/C8H9F2NO4/c1-2-13-7(12)5-3-14-8(11-5)15-4-6(9)10/h3,6H,2,4H2,1H3. The lowest BCUT2D eigenvalue weighted by Gasteiger charge is -1.98. The van der Waals surface area contributed by atoms with Gasteiger partial charge in [0.15, 0.2) is 12.3 Å². The van der Waals surface area contributed by atoms with E-state index in [0.29, 0.717) is 0 Å². The molecule has 0 atom stereocenters.